The summed E-state index contributed by atoms with van der Waals surface area (Å²) in [5.74, 6) is 0. The molecule has 0 atom stereocenters. The highest BCUT2D eigenvalue weighted by Crippen LogP contribution is 2.14. The highest BCUT2D eigenvalue weighted by molar-refractivity contribution is 14.1. The van der Waals surface area contributed by atoms with E-state index in [0.29, 0.717) is 0 Å². The van der Waals surface area contributed by atoms with Crippen LogP contribution in [0.1, 0.15) is 135 Å². The molecule has 0 aromatic carbocycles. The lowest BCUT2D eigenvalue weighted by Gasteiger charge is -2.03. The van der Waals surface area contributed by atoms with Crippen molar-refractivity contribution in [3.63, 3.8) is 0 Å². The van der Waals surface area contributed by atoms with E-state index in [9.17, 15) is 0 Å². The minimum absolute atomic E-state index is 1.16. The normalized spacial score (nSPS) is 11.6. The Morgan fingerprint density at radius 2 is 0.760 bits per heavy atom. The number of halogens is 1. The second kappa shape index (κ2) is 24.5. The van der Waals surface area contributed by atoms with Crippen molar-refractivity contribution < 1.29 is 0 Å². The van der Waals surface area contributed by atoms with Crippen LogP contribution in [0.5, 0.6) is 0 Å². The fourth-order valence-electron chi connectivity index (χ4n) is 3.52. The van der Waals surface area contributed by atoms with E-state index in [4.69, 9.17) is 0 Å². The van der Waals surface area contributed by atoms with Gasteiger partial charge in [-0.1, -0.05) is 157 Å². The first kappa shape index (κ1) is 25.5. The second-order valence-corrected chi connectivity index (χ2v) is 8.66. The van der Waals surface area contributed by atoms with Crippen LogP contribution in [0.4, 0.5) is 0 Å². The Hall–Kier alpha value is 0.470. The third-order valence-electron chi connectivity index (χ3n) is 5.23. The van der Waals surface area contributed by atoms with Gasteiger partial charge in [0.15, 0.2) is 0 Å². The van der Waals surface area contributed by atoms with Crippen LogP contribution in [0, 0.1) is 0 Å². The zero-order valence-corrected chi connectivity index (χ0v) is 19.5. The largest absolute Gasteiger partial charge is 0.0878 e. The summed E-state index contributed by atoms with van der Waals surface area (Å²) in [6, 6.07) is 0. The number of hydrogen-bond donors (Lipinski definition) is 0. The smallest absolute Gasteiger partial charge is 0.0175 e. The lowest BCUT2D eigenvalue weighted by atomic mass is 10.0. The summed E-state index contributed by atoms with van der Waals surface area (Å²) >= 11 is 2.41. The third kappa shape index (κ3) is 24.5. The van der Waals surface area contributed by atoms with Gasteiger partial charge in [-0.3, -0.25) is 0 Å². The molecule has 0 unspecified atom stereocenters. The molecule has 0 rings (SSSR count). The average Bonchev–Trinajstić information content (AvgIpc) is 2.63. The zero-order chi connectivity index (χ0) is 18.3. The lowest BCUT2D eigenvalue weighted by molar-refractivity contribution is 0.523. The molecule has 0 radical (unpaired) electrons. The number of rotatable bonds is 21. The molecule has 0 amide bonds. The summed E-state index contributed by atoms with van der Waals surface area (Å²) < 4.78 is 1.16. The van der Waals surface area contributed by atoms with Crippen molar-refractivity contribution in [3.05, 3.63) is 12.2 Å². The van der Waals surface area contributed by atoms with Gasteiger partial charge in [0.25, 0.3) is 0 Å². The van der Waals surface area contributed by atoms with Crippen LogP contribution < -0.4 is 0 Å². The van der Waals surface area contributed by atoms with E-state index in [1.165, 1.54) is 128 Å². The first-order chi connectivity index (χ1) is 12.4. The summed E-state index contributed by atoms with van der Waals surface area (Å²) in [4.78, 5) is 0. The maximum Gasteiger partial charge on any atom is 0.0175 e. The molecule has 0 heterocycles. The van der Waals surface area contributed by atoms with E-state index in [0.717, 1.165) is 4.43 Å². The van der Waals surface area contributed by atoms with Gasteiger partial charge in [0.05, 0.1) is 0 Å². The first-order valence-electron chi connectivity index (χ1n) is 11.6. The van der Waals surface area contributed by atoms with E-state index in [1.807, 2.05) is 0 Å². The molecule has 0 saturated heterocycles. The molecule has 0 aliphatic carbocycles. The Morgan fingerprint density at radius 1 is 0.440 bits per heavy atom. The number of alkyl halides is 1. The quantitative estimate of drug-likeness (QED) is 0.0689. The SMILES string of the molecule is CCCCCCCCCCCCCCCCCCCCC/C=C/CI. The third-order valence-corrected chi connectivity index (χ3v) is 5.74. The van der Waals surface area contributed by atoms with Gasteiger partial charge in [0, 0.05) is 4.43 Å². The zero-order valence-electron chi connectivity index (χ0n) is 17.4. The Bertz CT molecular complexity index is 246. The highest BCUT2D eigenvalue weighted by Gasteiger charge is 1.95. The van der Waals surface area contributed by atoms with Crippen LogP contribution in [0.3, 0.4) is 0 Å². The molecule has 0 aliphatic heterocycles. The summed E-state index contributed by atoms with van der Waals surface area (Å²) in [7, 11) is 0. The topological polar surface area (TPSA) is 0 Å². The molecule has 0 bridgehead atoms. The second-order valence-electron chi connectivity index (χ2n) is 7.78. The van der Waals surface area contributed by atoms with Crippen LogP contribution in [0.15, 0.2) is 12.2 Å². The maximum atomic E-state index is 2.41. The summed E-state index contributed by atoms with van der Waals surface area (Å²) in [5.41, 5.74) is 0. The predicted octanol–water partition coefficient (Wildman–Crippen LogP) is 9.80. The minimum Gasteiger partial charge on any atom is -0.0878 e. The maximum absolute atomic E-state index is 2.41. The summed E-state index contributed by atoms with van der Waals surface area (Å²) in [6.07, 6.45) is 33.7. The van der Waals surface area contributed by atoms with E-state index in [1.54, 1.807) is 0 Å². The summed E-state index contributed by atoms with van der Waals surface area (Å²) in [5, 5.41) is 0. The molecule has 25 heavy (non-hydrogen) atoms. The highest BCUT2D eigenvalue weighted by atomic mass is 127. The molecule has 0 saturated carbocycles. The van der Waals surface area contributed by atoms with Gasteiger partial charge in [0.1, 0.15) is 0 Å². The monoisotopic (exact) mass is 462 g/mol. The van der Waals surface area contributed by atoms with Gasteiger partial charge in [-0.2, -0.15) is 0 Å². The van der Waals surface area contributed by atoms with Crippen molar-refractivity contribution in [3.8, 4) is 0 Å². The van der Waals surface area contributed by atoms with E-state index < -0.39 is 0 Å². The Balaban J connectivity index is 2.97. The van der Waals surface area contributed by atoms with Gasteiger partial charge in [-0.15, -0.1) is 0 Å². The van der Waals surface area contributed by atoms with E-state index in [-0.39, 0.29) is 0 Å². The van der Waals surface area contributed by atoms with E-state index >= 15 is 0 Å². The van der Waals surface area contributed by atoms with Crippen molar-refractivity contribution in [2.45, 2.75) is 135 Å². The molecule has 0 aliphatic rings. The Morgan fingerprint density at radius 3 is 1.08 bits per heavy atom. The van der Waals surface area contributed by atoms with E-state index in [2.05, 4.69) is 41.7 Å². The van der Waals surface area contributed by atoms with Gasteiger partial charge < -0.3 is 0 Å². The van der Waals surface area contributed by atoms with Gasteiger partial charge in [-0.05, 0) is 12.8 Å². The average molecular weight is 463 g/mol. The first-order valence-corrected chi connectivity index (χ1v) is 13.1. The van der Waals surface area contributed by atoms with Crippen molar-refractivity contribution in [2.75, 3.05) is 4.43 Å². The number of allylic oxidation sites excluding steroid dienone is 2. The lowest BCUT2D eigenvalue weighted by Crippen LogP contribution is -1.84. The number of unbranched alkanes of at least 4 members (excludes halogenated alkanes) is 19. The van der Waals surface area contributed by atoms with Crippen molar-refractivity contribution in [2.24, 2.45) is 0 Å². The standard InChI is InChI=1S/C24H47I/c1-2-3-4-5-6-7-8-9-10-11-12-13-14-15-16-17-18-19-20-21-22-23-24-25/h22-23H,2-21,24H2,1H3/b23-22+. The molecular formula is C24H47I. The summed E-state index contributed by atoms with van der Waals surface area (Å²) in [6.45, 7) is 2.30. The van der Waals surface area contributed by atoms with Crippen LogP contribution in [0.2, 0.25) is 0 Å². The van der Waals surface area contributed by atoms with Crippen molar-refractivity contribution >= 4 is 22.6 Å². The molecule has 0 aromatic heterocycles. The molecule has 0 spiro atoms. The molecule has 0 N–H and O–H groups in total. The molecular weight excluding hydrogens is 415 g/mol. The van der Waals surface area contributed by atoms with Crippen LogP contribution in [-0.2, 0) is 0 Å². The van der Waals surface area contributed by atoms with Crippen LogP contribution in [0.25, 0.3) is 0 Å². The molecule has 1 heteroatoms. The Kier molecular flexibility index (Phi) is 24.9. The van der Waals surface area contributed by atoms with Crippen LogP contribution in [-0.4, -0.2) is 4.43 Å². The fraction of sp³-hybridized carbons (Fsp3) is 0.917. The predicted molar refractivity (Wildman–Crippen MR) is 126 cm³/mol. The molecule has 0 nitrogen and oxygen atoms in total. The molecule has 150 valence electrons. The van der Waals surface area contributed by atoms with Crippen LogP contribution >= 0.6 is 22.6 Å². The van der Waals surface area contributed by atoms with Crippen molar-refractivity contribution in [1.82, 2.24) is 0 Å². The minimum atomic E-state index is 1.16. The van der Waals surface area contributed by atoms with Gasteiger partial charge >= 0.3 is 0 Å². The van der Waals surface area contributed by atoms with Crippen molar-refractivity contribution in [1.29, 1.82) is 0 Å². The molecule has 0 aromatic rings. The fourth-order valence-corrected chi connectivity index (χ4v) is 3.88. The Labute approximate surface area is 174 Å². The van der Waals surface area contributed by atoms with Gasteiger partial charge in [0.2, 0.25) is 0 Å². The van der Waals surface area contributed by atoms with Gasteiger partial charge in [-0.25, -0.2) is 0 Å². The molecule has 0 fully saturated rings. The number of hydrogen-bond acceptors (Lipinski definition) is 0.